The molecule has 1 amide bonds. The maximum atomic E-state index is 13.4. The summed E-state index contributed by atoms with van der Waals surface area (Å²) in [4.78, 5) is 13.4. The third kappa shape index (κ3) is 5.81. The highest BCUT2D eigenvalue weighted by atomic mass is 35.5. The first-order chi connectivity index (χ1) is 17.2. The van der Waals surface area contributed by atoms with Crippen molar-refractivity contribution in [3.05, 3.63) is 29.8 Å². The maximum Gasteiger partial charge on any atom is 0.240 e. The first-order valence-corrected chi connectivity index (χ1v) is 14.1. The third-order valence-corrected chi connectivity index (χ3v) is 8.75. The number of alkyl halides is 1. The van der Waals surface area contributed by atoms with Gasteiger partial charge in [0.05, 0.1) is 24.6 Å². The van der Waals surface area contributed by atoms with Crippen LogP contribution in [0.1, 0.15) is 31.2 Å². The summed E-state index contributed by atoms with van der Waals surface area (Å²) in [5.41, 5.74) is 0.480. The molecule has 3 fully saturated rings. The van der Waals surface area contributed by atoms with E-state index < -0.39 is 47.3 Å². The summed E-state index contributed by atoms with van der Waals surface area (Å²) in [7, 11) is 1.65. The molecule has 4 rings (SSSR count). The smallest absolute Gasteiger partial charge is 0.240 e. The van der Waals surface area contributed by atoms with Crippen molar-refractivity contribution in [1.29, 1.82) is 0 Å². The second-order valence-corrected chi connectivity index (χ2v) is 11.5. The predicted octanol–water partition coefficient (Wildman–Crippen LogP) is 0.829. The van der Waals surface area contributed by atoms with Crippen molar-refractivity contribution in [1.82, 2.24) is 10.6 Å². The van der Waals surface area contributed by atoms with Gasteiger partial charge in [0.2, 0.25) is 5.91 Å². The van der Waals surface area contributed by atoms with E-state index >= 15 is 0 Å². The van der Waals surface area contributed by atoms with Crippen LogP contribution < -0.4 is 15.4 Å². The molecular formula is C25H37ClN2O7S. The van der Waals surface area contributed by atoms with Gasteiger partial charge in [0.25, 0.3) is 0 Å². The highest BCUT2D eigenvalue weighted by Crippen LogP contribution is 2.37. The fourth-order valence-electron chi connectivity index (χ4n) is 5.56. The zero-order valence-electron chi connectivity index (χ0n) is 20.7. The molecule has 5 N–H and O–H groups in total. The number of nitrogens with one attached hydrogen (secondary N) is 2. The van der Waals surface area contributed by atoms with Gasteiger partial charge in [-0.15, -0.1) is 23.4 Å². The molecule has 3 aliphatic rings. The Hall–Kier alpha value is -1.11. The molecule has 9 nitrogen and oxygen atoms in total. The largest absolute Gasteiger partial charge is 0.497 e. The number of carbonyl (C=O) groups is 1. The normalized spacial score (nSPS) is 38.5. The fourth-order valence-corrected chi connectivity index (χ4v) is 6.45. The maximum absolute atomic E-state index is 13.4. The van der Waals surface area contributed by atoms with Gasteiger partial charge in [0, 0.05) is 19.1 Å². The number of ether oxygens (including phenoxy) is 3. The SMILES string of the molecule is COc1ccc([C@H]2CCO[C@@H]3[C@H](CN[C@@H]3C(=O)N[C@@H](C3OC(SC)C(O)C(O)C3O)[C@H](C)Cl)C2)cc1. The lowest BCUT2D eigenvalue weighted by molar-refractivity contribution is -0.205. The van der Waals surface area contributed by atoms with Crippen LogP contribution in [0, 0.1) is 5.92 Å². The molecule has 11 heteroatoms. The number of fused-ring (bicyclic) bond motifs is 1. The molecule has 3 aliphatic heterocycles. The standard InChI is InChI=1S/C25H37ClN2O7S/c1-12(26)17(23-20(30)19(29)21(31)25(35-23)36-3)28-24(32)18-22-15(11-27-18)10-14(8-9-34-22)13-4-6-16(33-2)7-5-13/h4-7,12,14-15,17-23,25,27,29-31H,8-11H2,1-3H3,(H,28,32)/t12-,14-,15-,17+,18-,19?,20?,21?,22+,23?,25?/m0/s1. The minimum absolute atomic E-state index is 0.164. The van der Waals surface area contributed by atoms with Crippen molar-refractivity contribution in [2.75, 3.05) is 26.5 Å². The predicted molar refractivity (Wildman–Crippen MR) is 137 cm³/mol. The molecule has 202 valence electrons. The molecule has 36 heavy (non-hydrogen) atoms. The fraction of sp³-hybridized carbons (Fsp3) is 0.720. The number of carbonyl (C=O) groups excluding carboxylic acids is 1. The van der Waals surface area contributed by atoms with Gasteiger partial charge in [-0.25, -0.2) is 0 Å². The zero-order valence-corrected chi connectivity index (χ0v) is 22.3. The molecular weight excluding hydrogens is 508 g/mol. The molecule has 0 aromatic heterocycles. The van der Waals surface area contributed by atoms with Gasteiger partial charge in [-0.3, -0.25) is 4.79 Å². The molecule has 3 heterocycles. The first kappa shape index (κ1) is 27.9. The van der Waals surface area contributed by atoms with E-state index in [0.717, 1.165) is 18.6 Å². The van der Waals surface area contributed by atoms with Gasteiger partial charge in [0.15, 0.2) is 0 Å². The number of methoxy groups -OCH3 is 1. The lowest BCUT2D eigenvalue weighted by atomic mass is 9.85. The summed E-state index contributed by atoms with van der Waals surface area (Å²) < 4.78 is 17.3. The monoisotopic (exact) mass is 544 g/mol. The highest BCUT2D eigenvalue weighted by molar-refractivity contribution is 7.99. The molecule has 0 aliphatic carbocycles. The second-order valence-electron chi connectivity index (χ2n) is 9.86. The topological polar surface area (TPSA) is 130 Å². The summed E-state index contributed by atoms with van der Waals surface area (Å²) in [5.74, 6) is 1.02. The highest BCUT2D eigenvalue weighted by Gasteiger charge is 2.49. The number of aliphatic hydroxyl groups excluding tert-OH is 3. The summed E-state index contributed by atoms with van der Waals surface area (Å²) in [5, 5.41) is 36.8. The van der Waals surface area contributed by atoms with Crippen LogP contribution in [0.25, 0.3) is 0 Å². The number of aliphatic hydroxyl groups is 3. The molecule has 0 bridgehead atoms. The van der Waals surface area contributed by atoms with Crippen molar-refractivity contribution in [3.63, 3.8) is 0 Å². The number of amides is 1. The Labute approximate surface area is 221 Å². The van der Waals surface area contributed by atoms with E-state index in [-0.39, 0.29) is 17.9 Å². The molecule has 1 aromatic rings. The van der Waals surface area contributed by atoms with Crippen LogP contribution in [-0.4, -0.2) is 101 Å². The van der Waals surface area contributed by atoms with E-state index in [0.29, 0.717) is 19.1 Å². The van der Waals surface area contributed by atoms with Gasteiger partial charge in [-0.1, -0.05) is 12.1 Å². The van der Waals surface area contributed by atoms with Gasteiger partial charge < -0.3 is 40.2 Å². The van der Waals surface area contributed by atoms with Crippen molar-refractivity contribution in [3.8, 4) is 5.75 Å². The number of rotatable bonds is 7. The van der Waals surface area contributed by atoms with Crippen molar-refractivity contribution < 1.29 is 34.3 Å². The van der Waals surface area contributed by atoms with Crippen LogP contribution in [0.3, 0.4) is 0 Å². The Morgan fingerprint density at radius 2 is 1.94 bits per heavy atom. The summed E-state index contributed by atoms with van der Waals surface area (Å²) in [6.45, 7) is 2.89. The molecule has 5 unspecified atom stereocenters. The number of hydrogen-bond donors (Lipinski definition) is 5. The van der Waals surface area contributed by atoms with Crippen LogP contribution in [0.4, 0.5) is 0 Å². The molecule has 3 saturated heterocycles. The number of benzene rings is 1. The Bertz CT molecular complexity index is 876. The second kappa shape index (κ2) is 12.2. The van der Waals surface area contributed by atoms with Crippen LogP contribution in [0.5, 0.6) is 5.75 Å². The van der Waals surface area contributed by atoms with Gasteiger partial charge >= 0.3 is 0 Å². The van der Waals surface area contributed by atoms with E-state index in [1.807, 2.05) is 12.1 Å². The molecule has 11 atom stereocenters. The van der Waals surface area contributed by atoms with E-state index in [4.69, 9.17) is 25.8 Å². The minimum atomic E-state index is -1.41. The summed E-state index contributed by atoms with van der Waals surface area (Å²) in [6.07, 6.45) is -1.84. The number of halogens is 1. The average Bonchev–Trinajstić information content (AvgIpc) is 3.16. The average molecular weight is 545 g/mol. The van der Waals surface area contributed by atoms with E-state index in [2.05, 4.69) is 22.8 Å². The minimum Gasteiger partial charge on any atom is -0.497 e. The number of hydrogen-bond acceptors (Lipinski definition) is 9. The van der Waals surface area contributed by atoms with Gasteiger partial charge in [-0.05, 0) is 49.6 Å². The lowest BCUT2D eigenvalue weighted by Gasteiger charge is -2.44. The molecule has 0 saturated carbocycles. The van der Waals surface area contributed by atoms with Crippen LogP contribution >= 0.6 is 23.4 Å². The zero-order chi connectivity index (χ0) is 26.0. The third-order valence-electron chi connectivity index (χ3n) is 7.62. The van der Waals surface area contributed by atoms with E-state index in [1.165, 1.54) is 17.3 Å². The molecule has 0 spiro atoms. The molecule has 0 radical (unpaired) electrons. The molecule has 1 aromatic carbocycles. The van der Waals surface area contributed by atoms with Crippen LogP contribution in [-0.2, 0) is 14.3 Å². The van der Waals surface area contributed by atoms with Crippen molar-refractivity contribution >= 4 is 29.3 Å². The van der Waals surface area contributed by atoms with Crippen LogP contribution in [0.15, 0.2) is 24.3 Å². The quantitative estimate of drug-likeness (QED) is 0.317. The van der Waals surface area contributed by atoms with Crippen molar-refractivity contribution in [2.24, 2.45) is 5.92 Å². The number of thioether (sulfide) groups is 1. The van der Waals surface area contributed by atoms with Gasteiger partial charge in [0.1, 0.15) is 41.6 Å². The van der Waals surface area contributed by atoms with E-state index in [1.54, 1.807) is 20.3 Å². The van der Waals surface area contributed by atoms with Crippen molar-refractivity contribution in [2.45, 2.75) is 79.1 Å². The summed E-state index contributed by atoms with van der Waals surface area (Å²) >= 11 is 7.64. The van der Waals surface area contributed by atoms with Gasteiger partial charge in [-0.2, -0.15) is 0 Å². The first-order valence-electron chi connectivity index (χ1n) is 12.4. The Morgan fingerprint density at radius 3 is 2.58 bits per heavy atom. The van der Waals surface area contributed by atoms with Crippen LogP contribution in [0.2, 0.25) is 0 Å². The summed E-state index contributed by atoms with van der Waals surface area (Å²) in [6, 6.07) is 6.75. The lowest BCUT2D eigenvalue weighted by Crippen LogP contribution is -2.65. The Kier molecular flexibility index (Phi) is 9.43. The van der Waals surface area contributed by atoms with E-state index in [9.17, 15) is 20.1 Å². The Morgan fingerprint density at radius 1 is 1.22 bits per heavy atom. The Balaban J connectivity index is 1.43.